The van der Waals surface area contributed by atoms with Gasteiger partial charge in [0.05, 0.1) is 6.20 Å². The number of rotatable bonds is 4. The summed E-state index contributed by atoms with van der Waals surface area (Å²) in [4.78, 5) is 6.87. The topological polar surface area (TPSA) is 25.4 Å². The van der Waals surface area contributed by atoms with Crippen LogP contribution in [0.3, 0.4) is 0 Å². The molecular weight excluding hydrogens is 296 g/mol. The van der Waals surface area contributed by atoms with Crippen LogP contribution in [0.4, 0.5) is 0 Å². The summed E-state index contributed by atoms with van der Waals surface area (Å²) < 4.78 is 5.94. The van der Waals surface area contributed by atoms with Crippen LogP contribution < -0.4 is 4.74 Å². The number of piperidine rings is 1. The molecule has 0 spiro atoms. The van der Waals surface area contributed by atoms with Crippen LogP contribution in [0.5, 0.6) is 5.75 Å². The van der Waals surface area contributed by atoms with E-state index in [2.05, 4.69) is 41.2 Å². The minimum atomic E-state index is 0.584. The average molecular weight is 320 g/mol. The summed E-state index contributed by atoms with van der Waals surface area (Å²) >= 11 is 0. The third-order valence-electron chi connectivity index (χ3n) is 5.03. The first kappa shape index (κ1) is 15.4. The van der Waals surface area contributed by atoms with Crippen LogP contribution >= 0.6 is 0 Å². The van der Waals surface area contributed by atoms with Gasteiger partial charge in [-0.25, -0.2) is 0 Å². The molecule has 124 valence electrons. The number of nitrogens with zero attached hydrogens (tertiary/aromatic N) is 2. The van der Waals surface area contributed by atoms with Gasteiger partial charge in [-0.3, -0.25) is 4.98 Å². The normalized spacial score (nSPS) is 23.6. The van der Waals surface area contributed by atoms with Gasteiger partial charge in [0.25, 0.3) is 0 Å². The summed E-state index contributed by atoms with van der Waals surface area (Å²) in [5, 5.41) is 0. The van der Waals surface area contributed by atoms with Gasteiger partial charge < -0.3 is 9.64 Å². The number of fused-ring (bicyclic) bond motifs is 2. The van der Waals surface area contributed by atoms with E-state index in [0.717, 1.165) is 18.1 Å². The SMILES string of the molecule is CN1C[C@H]2C=C(c3cncc(OCc4ccccc4)c3)C[C@H](C2)C1. The van der Waals surface area contributed by atoms with E-state index in [4.69, 9.17) is 4.74 Å². The fraction of sp³-hybridized carbons (Fsp3) is 0.381. The molecule has 0 amide bonds. The Morgan fingerprint density at radius 1 is 1.17 bits per heavy atom. The fourth-order valence-electron chi connectivity index (χ4n) is 4.05. The van der Waals surface area contributed by atoms with Crippen molar-refractivity contribution in [3.05, 3.63) is 66.0 Å². The van der Waals surface area contributed by atoms with Crippen LogP contribution in [-0.2, 0) is 6.61 Å². The molecule has 0 radical (unpaired) electrons. The van der Waals surface area contributed by atoms with Gasteiger partial charge in [0.1, 0.15) is 12.4 Å². The molecule has 4 rings (SSSR count). The van der Waals surface area contributed by atoms with Crippen molar-refractivity contribution in [2.24, 2.45) is 11.8 Å². The Labute approximate surface area is 144 Å². The van der Waals surface area contributed by atoms with Crippen LogP contribution in [0.15, 0.2) is 54.9 Å². The second kappa shape index (κ2) is 6.78. The van der Waals surface area contributed by atoms with Crippen LogP contribution in [0.1, 0.15) is 24.0 Å². The predicted molar refractivity (Wildman–Crippen MR) is 96.7 cm³/mol. The Kier molecular flexibility index (Phi) is 4.35. The molecule has 1 fully saturated rings. The molecule has 2 aromatic rings. The molecule has 1 aromatic heterocycles. The van der Waals surface area contributed by atoms with Gasteiger partial charge in [-0.15, -0.1) is 0 Å². The molecule has 1 aromatic carbocycles. The lowest BCUT2D eigenvalue weighted by Crippen LogP contribution is -2.39. The lowest BCUT2D eigenvalue weighted by molar-refractivity contribution is 0.170. The first-order valence-electron chi connectivity index (χ1n) is 8.77. The van der Waals surface area contributed by atoms with Crippen molar-refractivity contribution >= 4 is 5.57 Å². The molecular formula is C21H24N2O. The maximum atomic E-state index is 5.94. The largest absolute Gasteiger partial charge is 0.487 e. The van der Waals surface area contributed by atoms with Crippen molar-refractivity contribution in [3.8, 4) is 5.75 Å². The zero-order valence-electron chi connectivity index (χ0n) is 14.2. The maximum absolute atomic E-state index is 5.94. The van der Waals surface area contributed by atoms with Crippen LogP contribution in [0.25, 0.3) is 5.57 Å². The Morgan fingerprint density at radius 2 is 2.04 bits per heavy atom. The summed E-state index contributed by atoms with van der Waals surface area (Å²) in [6.45, 7) is 2.98. The Bertz CT molecular complexity index is 726. The van der Waals surface area contributed by atoms with E-state index in [-0.39, 0.29) is 0 Å². The zero-order chi connectivity index (χ0) is 16.4. The Hall–Kier alpha value is -2.13. The molecule has 1 saturated heterocycles. The van der Waals surface area contributed by atoms with Crippen molar-refractivity contribution in [3.63, 3.8) is 0 Å². The van der Waals surface area contributed by atoms with Gasteiger partial charge in [0.15, 0.2) is 0 Å². The number of pyridine rings is 1. The molecule has 2 heterocycles. The quantitative estimate of drug-likeness (QED) is 0.851. The van der Waals surface area contributed by atoms with Crippen LogP contribution in [0, 0.1) is 11.8 Å². The van der Waals surface area contributed by atoms with Crippen molar-refractivity contribution in [1.82, 2.24) is 9.88 Å². The highest BCUT2D eigenvalue weighted by molar-refractivity contribution is 5.67. The number of hydrogen-bond acceptors (Lipinski definition) is 3. The van der Waals surface area contributed by atoms with Crippen molar-refractivity contribution in [2.45, 2.75) is 19.4 Å². The number of hydrogen-bond donors (Lipinski definition) is 0. The molecule has 3 heteroatoms. The molecule has 3 nitrogen and oxygen atoms in total. The Balaban J connectivity index is 1.48. The highest BCUT2D eigenvalue weighted by Crippen LogP contribution is 2.37. The van der Waals surface area contributed by atoms with E-state index in [1.807, 2.05) is 30.6 Å². The fourth-order valence-corrected chi connectivity index (χ4v) is 4.05. The predicted octanol–water partition coefficient (Wildman–Crippen LogP) is 4.02. The summed E-state index contributed by atoms with van der Waals surface area (Å²) in [5.41, 5.74) is 3.85. The summed E-state index contributed by atoms with van der Waals surface area (Å²) in [6.07, 6.45) is 8.75. The summed E-state index contributed by atoms with van der Waals surface area (Å²) in [5.74, 6) is 2.32. The van der Waals surface area contributed by atoms with Crippen LogP contribution in [0.2, 0.25) is 0 Å². The number of benzene rings is 1. The molecule has 24 heavy (non-hydrogen) atoms. The molecule has 2 aliphatic rings. The minimum Gasteiger partial charge on any atom is -0.487 e. The summed E-state index contributed by atoms with van der Waals surface area (Å²) in [7, 11) is 2.23. The third kappa shape index (κ3) is 3.51. The molecule has 2 atom stereocenters. The lowest BCUT2D eigenvalue weighted by Gasteiger charge is -2.38. The second-order valence-corrected chi connectivity index (χ2v) is 7.16. The zero-order valence-corrected chi connectivity index (χ0v) is 14.2. The van der Waals surface area contributed by atoms with Gasteiger partial charge in [0.2, 0.25) is 0 Å². The monoisotopic (exact) mass is 320 g/mol. The minimum absolute atomic E-state index is 0.584. The first-order chi connectivity index (χ1) is 11.8. The van der Waals surface area contributed by atoms with Gasteiger partial charge in [-0.05, 0) is 54.5 Å². The lowest BCUT2D eigenvalue weighted by atomic mass is 9.77. The highest BCUT2D eigenvalue weighted by atomic mass is 16.5. The molecule has 2 bridgehead atoms. The van der Waals surface area contributed by atoms with Gasteiger partial charge in [-0.2, -0.15) is 0 Å². The molecule has 0 N–H and O–H groups in total. The van der Waals surface area contributed by atoms with Crippen molar-refractivity contribution in [2.75, 3.05) is 20.1 Å². The molecule has 0 unspecified atom stereocenters. The maximum Gasteiger partial charge on any atom is 0.138 e. The number of aromatic nitrogens is 1. The van der Waals surface area contributed by atoms with Crippen molar-refractivity contribution in [1.29, 1.82) is 0 Å². The number of likely N-dealkylation sites (tertiary alicyclic amines) is 1. The van der Waals surface area contributed by atoms with E-state index >= 15 is 0 Å². The standard InChI is InChI=1S/C21H24N2O/c1-23-13-17-7-18(14-23)9-19(8-17)20-10-21(12-22-11-20)24-15-16-5-3-2-4-6-16/h2-6,8,10-12,17-18H,7,9,13-15H2,1H3/t17-,18+/m1/s1. The van der Waals surface area contributed by atoms with E-state index in [1.54, 1.807) is 0 Å². The second-order valence-electron chi connectivity index (χ2n) is 7.16. The first-order valence-corrected chi connectivity index (χ1v) is 8.77. The summed E-state index contributed by atoms with van der Waals surface area (Å²) in [6, 6.07) is 12.4. The van der Waals surface area contributed by atoms with Crippen molar-refractivity contribution < 1.29 is 4.74 Å². The smallest absolute Gasteiger partial charge is 0.138 e. The van der Waals surface area contributed by atoms with Gasteiger partial charge >= 0.3 is 0 Å². The highest BCUT2D eigenvalue weighted by Gasteiger charge is 2.29. The number of ether oxygens (including phenoxy) is 1. The molecule has 0 saturated carbocycles. The molecule has 1 aliphatic carbocycles. The molecule has 1 aliphatic heterocycles. The average Bonchev–Trinajstić information content (AvgIpc) is 2.60. The van der Waals surface area contributed by atoms with E-state index in [0.29, 0.717) is 12.5 Å². The van der Waals surface area contributed by atoms with Crippen LogP contribution in [-0.4, -0.2) is 30.0 Å². The number of allylic oxidation sites excluding steroid dienone is 1. The van der Waals surface area contributed by atoms with E-state index in [9.17, 15) is 0 Å². The van der Waals surface area contributed by atoms with Gasteiger partial charge in [0, 0.05) is 19.3 Å². The van der Waals surface area contributed by atoms with Gasteiger partial charge in [-0.1, -0.05) is 36.4 Å². The third-order valence-corrected chi connectivity index (χ3v) is 5.03. The van der Waals surface area contributed by atoms with E-state index in [1.165, 1.54) is 36.2 Å². The Morgan fingerprint density at radius 3 is 2.88 bits per heavy atom. The van der Waals surface area contributed by atoms with E-state index < -0.39 is 0 Å².